The van der Waals surface area contributed by atoms with Gasteiger partial charge in [0.05, 0.1) is 30.7 Å². The molecule has 13 nitrogen and oxygen atoms in total. The van der Waals surface area contributed by atoms with E-state index in [1.807, 2.05) is 0 Å². The highest BCUT2D eigenvalue weighted by molar-refractivity contribution is 6.30. The van der Waals surface area contributed by atoms with Crippen molar-refractivity contribution in [1.29, 1.82) is 0 Å². The van der Waals surface area contributed by atoms with Gasteiger partial charge in [-0.3, -0.25) is 24.6 Å². The summed E-state index contributed by atoms with van der Waals surface area (Å²) >= 11 is 6.15. The van der Waals surface area contributed by atoms with Crippen molar-refractivity contribution in [3.8, 4) is 17.1 Å². The van der Waals surface area contributed by atoms with Gasteiger partial charge in [0, 0.05) is 37.3 Å². The van der Waals surface area contributed by atoms with E-state index in [1.165, 1.54) is 19.6 Å². The number of nitrogens with zero attached hydrogens (tertiary/aromatic N) is 6. The maximum atomic E-state index is 12.2. The predicted octanol–water partition coefficient (Wildman–Crippen LogP) is 0.496. The van der Waals surface area contributed by atoms with Crippen molar-refractivity contribution in [3.05, 3.63) is 53.8 Å². The second-order valence-corrected chi connectivity index (χ2v) is 8.77. The first-order valence-electron chi connectivity index (χ1n) is 11.3. The third-order valence-corrected chi connectivity index (χ3v) is 6.25. The van der Waals surface area contributed by atoms with E-state index < -0.39 is 30.3 Å². The lowest BCUT2D eigenvalue weighted by Gasteiger charge is -2.18. The van der Waals surface area contributed by atoms with Crippen molar-refractivity contribution >= 4 is 34.5 Å². The standard InChI is InChI=1S/C23H24ClN9O4/c1-25-23(36)15-17(34)18(35)22(30-15)33-10-29-16-20(28-9-13-6-14(37-2)3-4-27-13)31-19(32-21(16)33)11-5-12(24)8-26-7-11/h3-8,10,15,17-18,22,30,34-35H,9H2,1-2H3,(H,25,36)(H,28,31,32)/t15-,17+,18+,22-/m0/s1. The molecule has 0 spiro atoms. The molecular weight excluding hydrogens is 502 g/mol. The first-order chi connectivity index (χ1) is 17.9. The number of nitrogens with one attached hydrogen (secondary N) is 3. The number of imidazole rings is 1. The first kappa shape index (κ1) is 24.8. The van der Waals surface area contributed by atoms with Crippen molar-refractivity contribution in [1.82, 2.24) is 40.1 Å². The summed E-state index contributed by atoms with van der Waals surface area (Å²) in [7, 11) is 3.03. The van der Waals surface area contributed by atoms with Crippen molar-refractivity contribution in [2.45, 2.75) is 31.0 Å². The lowest BCUT2D eigenvalue weighted by atomic mass is 10.1. The van der Waals surface area contributed by atoms with Gasteiger partial charge in [-0.2, -0.15) is 0 Å². The number of ether oxygens (including phenoxy) is 1. The second-order valence-electron chi connectivity index (χ2n) is 8.34. The van der Waals surface area contributed by atoms with Crippen LogP contribution in [0.2, 0.25) is 5.02 Å². The summed E-state index contributed by atoms with van der Waals surface area (Å²) in [5.41, 5.74) is 2.04. The number of methoxy groups -OCH3 is 1. The van der Waals surface area contributed by atoms with Gasteiger partial charge in [-0.1, -0.05) is 11.6 Å². The second kappa shape index (κ2) is 10.2. The lowest BCUT2D eigenvalue weighted by Crippen LogP contribution is -2.45. The number of fused-ring (bicyclic) bond motifs is 1. The molecule has 0 bridgehead atoms. The highest BCUT2D eigenvalue weighted by Gasteiger charge is 2.45. The zero-order valence-electron chi connectivity index (χ0n) is 19.8. The van der Waals surface area contributed by atoms with E-state index in [4.69, 9.17) is 16.3 Å². The molecule has 14 heteroatoms. The normalized spacial score (nSPS) is 21.2. The van der Waals surface area contributed by atoms with Crippen LogP contribution in [0.15, 0.2) is 43.1 Å². The lowest BCUT2D eigenvalue weighted by molar-refractivity contribution is -0.125. The zero-order valence-corrected chi connectivity index (χ0v) is 20.6. The van der Waals surface area contributed by atoms with Crippen LogP contribution in [0, 0.1) is 0 Å². The SMILES string of the molecule is CNC(=O)[C@H]1N[C@@H](n2cnc3c(NCc4cc(OC)ccn4)nc(-c4cncc(Cl)c4)nc32)[C@H](O)[C@@H]1O. The molecule has 4 atom stereocenters. The van der Waals surface area contributed by atoms with Crippen LogP contribution in [0.3, 0.4) is 0 Å². The van der Waals surface area contributed by atoms with E-state index in [-0.39, 0.29) is 0 Å². The van der Waals surface area contributed by atoms with Crippen LogP contribution in [-0.4, -0.2) is 78.0 Å². The molecule has 0 aliphatic carbocycles. The molecule has 1 saturated heterocycles. The van der Waals surface area contributed by atoms with E-state index in [0.717, 1.165) is 0 Å². The highest BCUT2D eigenvalue weighted by Crippen LogP contribution is 2.30. The summed E-state index contributed by atoms with van der Waals surface area (Å²) in [4.78, 5) is 34.4. The summed E-state index contributed by atoms with van der Waals surface area (Å²) < 4.78 is 6.83. The number of amides is 1. The smallest absolute Gasteiger partial charge is 0.239 e. The van der Waals surface area contributed by atoms with Gasteiger partial charge in [0.1, 0.15) is 30.2 Å². The van der Waals surface area contributed by atoms with Crippen molar-refractivity contribution < 1.29 is 19.7 Å². The van der Waals surface area contributed by atoms with Crippen molar-refractivity contribution in [2.75, 3.05) is 19.5 Å². The molecule has 1 amide bonds. The number of likely N-dealkylation sites (N-methyl/N-ethyl adjacent to an activating group) is 1. The minimum Gasteiger partial charge on any atom is -0.497 e. The zero-order chi connectivity index (χ0) is 26.1. The number of aliphatic hydroxyl groups excluding tert-OH is 2. The van der Waals surface area contributed by atoms with Crippen LogP contribution in [0.5, 0.6) is 5.75 Å². The fraction of sp³-hybridized carbons (Fsp3) is 0.304. The molecule has 0 saturated carbocycles. The number of aromatic nitrogens is 6. The molecule has 5 heterocycles. The molecule has 5 rings (SSSR count). The summed E-state index contributed by atoms with van der Waals surface area (Å²) in [5.74, 6) is 0.924. The molecule has 5 N–H and O–H groups in total. The quantitative estimate of drug-likeness (QED) is 0.227. The molecular formula is C23H24ClN9O4. The fourth-order valence-electron chi connectivity index (χ4n) is 4.16. The molecule has 0 unspecified atom stereocenters. The fourth-order valence-corrected chi connectivity index (χ4v) is 4.33. The minimum atomic E-state index is -1.34. The Labute approximate surface area is 215 Å². The van der Waals surface area contributed by atoms with Gasteiger partial charge in [-0.25, -0.2) is 15.0 Å². The van der Waals surface area contributed by atoms with E-state index in [1.54, 1.807) is 42.3 Å². The van der Waals surface area contributed by atoms with Gasteiger partial charge in [-0.15, -0.1) is 0 Å². The number of carbonyl (C=O) groups excluding carboxylic acids is 1. The summed E-state index contributed by atoms with van der Waals surface area (Å²) in [5, 5.41) is 30.3. The maximum absolute atomic E-state index is 12.2. The van der Waals surface area contributed by atoms with E-state index in [9.17, 15) is 15.0 Å². The average Bonchev–Trinajstić information content (AvgIpc) is 3.47. The van der Waals surface area contributed by atoms with E-state index >= 15 is 0 Å². The van der Waals surface area contributed by atoms with Gasteiger partial charge in [0.15, 0.2) is 22.8 Å². The van der Waals surface area contributed by atoms with Crippen molar-refractivity contribution in [3.63, 3.8) is 0 Å². The molecule has 192 valence electrons. The number of anilines is 1. The van der Waals surface area contributed by atoms with Crippen LogP contribution in [0.1, 0.15) is 11.9 Å². The Kier molecular flexibility index (Phi) is 6.84. The number of carbonyl (C=O) groups is 1. The molecule has 0 radical (unpaired) electrons. The van der Waals surface area contributed by atoms with Gasteiger partial charge in [0.25, 0.3) is 0 Å². The molecule has 1 aliphatic heterocycles. The largest absolute Gasteiger partial charge is 0.497 e. The Morgan fingerprint density at radius 3 is 2.81 bits per heavy atom. The van der Waals surface area contributed by atoms with Crippen molar-refractivity contribution in [2.24, 2.45) is 0 Å². The Hall–Kier alpha value is -3.91. The van der Waals surface area contributed by atoms with E-state index in [0.29, 0.717) is 51.4 Å². The monoisotopic (exact) mass is 525 g/mol. The summed E-state index contributed by atoms with van der Waals surface area (Å²) in [6, 6.07) is 4.21. The van der Waals surface area contributed by atoms with E-state index in [2.05, 4.69) is 40.9 Å². The number of halogens is 1. The molecule has 37 heavy (non-hydrogen) atoms. The molecule has 1 aliphatic rings. The summed E-state index contributed by atoms with van der Waals surface area (Å²) in [6.07, 6.45) is 2.67. The summed E-state index contributed by atoms with van der Waals surface area (Å²) in [6.45, 7) is 0.311. The Balaban J connectivity index is 1.57. The number of hydrogen-bond donors (Lipinski definition) is 5. The van der Waals surface area contributed by atoms with Gasteiger partial charge >= 0.3 is 0 Å². The number of pyridine rings is 2. The van der Waals surface area contributed by atoms with Crippen LogP contribution in [-0.2, 0) is 11.3 Å². The van der Waals surface area contributed by atoms with Gasteiger partial charge < -0.3 is 25.6 Å². The average molecular weight is 526 g/mol. The third-order valence-electron chi connectivity index (χ3n) is 6.04. The predicted molar refractivity (Wildman–Crippen MR) is 134 cm³/mol. The number of rotatable bonds is 7. The third kappa shape index (κ3) is 4.76. The van der Waals surface area contributed by atoms with Crippen LogP contribution in [0.4, 0.5) is 5.82 Å². The molecule has 4 aromatic rings. The Morgan fingerprint density at radius 2 is 2.05 bits per heavy atom. The Morgan fingerprint density at radius 1 is 1.22 bits per heavy atom. The highest BCUT2D eigenvalue weighted by atomic mass is 35.5. The maximum Gasteiger partial charge on any atom is 0.239 e. The van der Waals surface area contributed by atoms with Gasteiger partial charge in [0.2, 0.25) is 5.91 Å². The first-order valence-corrected chi connectivity index (χ1v) is 11.7. The number of hydrogen-bond acceptors (Lipinski definition) is 11. The molecule has 0 aromatic carbocycles. The number of aliphatic hydroxyl groups is 2. The molecule has 4 aromatic heterocycles. The van der Waals surface area contributed by atoms with Gasteiger partial charge in [-0.05, 0) is 12.1 Å². The van der Waals surface area contributed by atoms with Crippen LogP contribution >= 0.6 is 11.6 Å². The van der Waals surface area contributed by atoms with Crippen LogP contribution < -0.4 is 20.7 Å². The minimum absolute atomic E-state index is 0.307. The topological polar surface area (TPSA) is 172 Å². The van der Waals surface area contributed by atoms with Crippen LogP contribution in [0.25, 0.3) is 22.6 Å². The molecule has 1 fully saturated rings. The Bertz CT molecular complexity index is 1450.